The molecule has 3 rings (SSSR count). The minimum atomic E-state index is -1.00. The zero-order valence-electron chi connectivity index (χ0n) is 16.5. The maximum atomic E-state index is 12.8. The minimum Gasteiger partial charge on any atom is -0.497 e. The molecule has 0 heterocycles. The van der Waals surface area contributed by atoms with Crippen molar-refractivity contribution >= 4 is 17.5 Å². The van der Waals surface area contributed by atoms with Crippen molar-refractivity contribution in [1.29, 1.82) is 0 Å². The maximum Gasteiger partial charge on any atom is 0.240 e. The van der Waals surface area contributed by atoms with Crippen LogP contribution in [0.4, 0.5) is 5.69 Å². The Labute approximate surface area is 165 Å². The topological polar surface area (TPSA) is 76.7 Å². The second kappa shape index (κ2) is 8.33. The predicted molar refractivity (Wildman–Crippen MR) is 107 cm³/mol. The predicted octanol–water partition coefficient (Wildman–Crippen LogP) is 3.52. The smallest absolute Gasteiger partial charge is 0.240 e. The highest BCUT2D eigenvalue weighted by molar-refractivity contribution is 6.13. The molecule has 6 heteroatoms. The van der Waals surface area contributed by atoms with Crippen LogP contribution in [-0.2, 0) is 16.1 Å². The molecule has 0 aromatic heterocycles. The summed E-state index contributed by atoms with van der Waals surface area (Å²) in [5.41, 5.74) is 0.522. The molecule has 2 aromatic carbocycles. The summed E-state index contributed by atoms with van der Waals surface area (Å²) in [6.45, 7) is 4.21. The molecule has 1 fully saturated rings. The summed E-state index contributed by atoms with van der Waals surface area (Å²) in [5, 5.41) is 5.75. The number of rotatable bonds is 8. The van der Waals surface area contributed by atoms with Crippen molar-refractivity contribution in [2.24, 2.45) is 5.41 Å². The van der Waals surface area contributed by atoms with Crippen LogP contribution < -0.4 is 20.1 Å². The van der Waals surface area contributed by atoms with Gasteiger partial charge in [0.15, 0.2) is 0 Å². The highest BCUT2D eigenvalue weighted by Gasteiger charge is 2.56. The highest BCUT2D eigenvalue weighted by Crippen LogP contribution is 2.47. The number of methoxy groups -OCH3 is 1. The fraction of sp³-hybridized carbons (Fsp3) is 0.364. The van der Waals surface area contributed by atoms with E-state index < -0.39 is 5.41 Å². The van der Waals surface area contributed by atoms with Gasteiger partial charge in [0.05, 0.1) is 18.9 Å². The third-order valence-corrected chi connectivity index (χ3v) is 4.73. The summed E-state index contributed by atoms with van der Waals surface area (Å²) in [5.74, 6) is 0.818. The summed E-state index contributed by atoms with van der Waals surface area (Å²) in [6.07, 6.45) is 1.07. The Morgan fingerprint density at radius 2 is 1.71 bits per heavy atom. The van der Waals surface area contributed by atoms with E-state index in [1.54, 1.807) is 19.2 Å². The van der Waals surface area contributed by atoms with Crippen molar-refractivity contribution in [2.75, 3.05) is 12.4 Å². The number of para-hydroxylation sites is 2. The van der Waals surface area contributed by atoms with Crippen molar-refractivity contribution in [2.45, 2.75) is 39.3 Å². The molecule has 2 amide bonds. The molecule has 1 saturated carbocycles. The van der Waals surface area contributed by atoms with Crippen molar-refractivity contribution in [3.8, 4) is 11.5 Å². The molecule has 0 atom stereocenters. The van der Waals surface area contributed by atoms with E-state index in [1.165, 1.54) is 0 Å². The van der Waals surface area contributed by atoms with Gasteiger partial charge in [-0.25, -0.2) is 0 Å². The standard InChI is InChI=1S/C22H26N2O4/c1-15(2)28-19-7-5-4-6-18(19)24-21(26)22(12-13-22)20(25)23-14-16-8-10-17(27-3)11-9-16/h4-11,15H,12-14H2,1-3H3,(H,23,25)(H,24,26). The van der Waals surface area contributed by atoms with Crippen LogP contribution in [0, 0.1) is 5.41 Å². The average molecular weight is 382 g/mol. The molecule has 1 aliphatic carbocycles. The van der Waals surface area contributed by atoms with Crippen LogP contribution in [0.3, 0.4) is 0 Å². The van der Waals surface area contributed by atoms with Gasteiger partial charge in [0.2, 0.25) is 11.8 Å². The van der Waals surface area contributed by atoms with Gasteiger partial charge in [-0.2, -0.15) is 0 Å². The average Bonchev–Trinajstić information content (AvgIpc) is 3.50. The molecule has 6 nitrogen and oxygen atoms in total. The fourth-order valence-corrected chi connectivity index (χ4v) is 2.95. The van der Waals surface area contributed by atoms with E-state index in [1.807, 2.05) is 50.2 Å². The molecule has 0 aliphatic heterocycles. The zero-order valence-corrected chi connectivity index (χ0v) is 16.5. The molecule has 2 aromatic rings. The summed E-state index contributed by atoms with van der Waals surface area (Å²) in [7, 11) is 1.61. The van der Waals surface area contributed by atoms with Crippen LogP contribution in [0.25, 0.3) is 0 Å². The number of ether oxygens (including phenoxy) is 2. The molecule has 0 bridgehead atoms. The monoisotopic (exact) mass is 382 g/mol. The van der Waals surface area contributed by atoms with Gasteiger partial charge in [-0.3, -0.25) is 9.59 Å². The van der Waals surface area contributed by atoms with E-state index in [0.29, 0.717) is 30.8 Å². The lowest BCUT2D eigenvalue weighted by atomic mass is 10.0. The third kappa shape index (κ3) is 4.44. The third-order valence-electron chi connectivity index (χ3n) is 4.73. The second-order valence-corrected chi connectivity index (χ2v) is 7.23. The number of anilines is 1. The van der Waals surface area contributed by atoms with Gasteiger partial charge >= 0.3 is 0 Å². The Balaban J connectivity index is 1.62. The first kappa shape index (κ1) is 19.7. The van der Waals surface area contributed by atoms with Gasteiger partial charge in [0, 0.05) is 6.54 Å². The molecule has 2 N–H and O–H groups in total. The number of hydrogen-bond donors (Lipinski definition) is 2. The van der Waals surface area contributed by atoms with E-state index in [2.05, 4.69) is 10.6 Å². The molecule has 1 aliphatic rings. The van der Waals surface area contributed by atoms with Crippen molar-refractivity contribution < 1.29 is 19.1 Å². The lowest BCUT2D eigenvalue weighted by molar-refractivity contribution is -0.134. The van der Waals surface area contributed by atoms with Crippen LogP contribution in [0.1, 0.15) is 32.3 Å². The fourth-order valence-electron chi connectivity index (χ4n) is 2.95. The van der Waals surface area contributed by atoms with Crippen LogP contribution in [-0.4, -0.2) is 25.0 Å². The molecule has 28 heavy (non-hydrogen) atoms. The number of nitrogens with one attached hydrogen (secondary N) is 2. The Bertz CT molecular complexity index is 842. The van der Waals surface area contributed by atoms with Crippen molar-refractivity contribution in [3.63, 3.8) is 0 Å². The summed E-state index contributed by atoms with van der Waals surface area (Å²) < 4.78 is 10.9. The van der Waals surface area contributed by atoms with Crippen LogP contribution in [0.5, 0.6) is 11.5 Å². The van der Waals surface area contributed by atoms with Crippen molar-refractivity contribution in [1.82, 2.24) is 5.32 Å². The molecule has 0 unspecified atom stereocenters. The molecular formula is C22H26N2O4. The molecule has 0 saturated heterocycles. The van der Waals surface area contributed by atoms with Crippen LogP contribution in [0.15, 0.2) is 48.5 Å². The first-order valence-corrected chi connectivity index (χ1v) is 9.43. The molecule has 0 spiro atoms. The molecule has 0 radical (unpaired) electrons. The van der Waals surface area contributed by atoms with Crippen LogP contribution >= 0.6 is 0 Å². The van der Waals surface area contributed by atoms with Gasteiger partial charge in [-0.15, -0.1) is 0 Å². The summed E-state index contributed by atoms with van der Waals surface area (Å²) >= 11 is 0. The van der Waals surface area contributed by atoms with E-state index in [9.17, 15) is 9.59 Å². The Hall–Kier alpha value is -3.02. The Morgan fingerprint density at radius 1 is 1.04 bits per heavy atom. The normalized spacial score (nSPS) is 14.3. The van der Waals surface area contributed by atoms with Gasteiger partial charge in [0.1, 0.15) is 16.9 Å². The number of amides is 2. The quantitative estimate of drug-likeness (QED) is 0.685. The largest absolute Gasteiger partial charge is 0.497 e. The van der Waals surface area contributed by atoms with E-state index >= 15 is 0 Å². The van der Waals surface area contributed by atoms with Gasteiger partial charge in [-0.1, -0.05) is 24.3 Å². The minimum absolute atomic E-state index is 0.0132. The van der Waals surface area contributed by atoms with E-state index in [0.717, 1.165) is 11.3 Å². The molecule has 148 valence electrons. The summed E-state index contributed by atoms with van der Waals surface area (Å²) in [4.78, 5) is 25.5. The van der Waals surface area contributed by atoms with Gasteiger partial charge in [-0.05, 0) is 56.5 Å². The SMILES string of the molecule is COc1ccc(CNC(=O)C2(C(=O)Nc3ccccc3OC(C)C)CC2)cc1. The number of benzene rings is 2. The van der Waals surface area contributed by atoms with Gasteiger partial charge < -0.3 is 20.1 Å². The second-order valence-electron chi connectivity index (χ2n) is 7.23. The number of carbonyl (C=O) groups is 2. The molecular weight excluding hydrogens is 356 g/mol. The number of carbonyl (C=O) groups excluding carboxylic acids is 2. The highest BCUT2D eigenvalue weighted by atomic mass is 16.5. The maximum absolute atomic E-state index is 12.8. The van der Waals surface area contributed by atoms with Crippen molar-refractivity contribution in [3.05, 3.63) is 54.1 Å². The number of hydrogen-bond acceptors (Lipinski definition) is 4. The van der Waals surface area contributed by atoms with E-state index in [-0.39, 0.29) is 17.9 Å². The lowest BCUT2D eigenvalue weighted by Gasteiger charge is -2.18. The lowest BCUT2D eigenvalue weighted by Crippen LogP contribution is -2.39. The first-order valence-electron chi connectivity index (χ1n) is 9.43. The Kier molecular flexibility index (Phi) is 5.87. The van der Waals surface area contributed by atoms with Crippen LogP contribution in [0.2, 0.25) is 0 Å². The Morgan fingerprint density at radius 3 is 2.32 bits per heavy atom. The first-order chi connectivity index (χ1) is 13.4. The summed E-state index contributed by atoms with van der Waals surface area (Å²) in [6, 6.07) is 14.7. The van der Waals surface area contributed by atoms with Gasteiger partial charge in [0.25, 0.3) is 0 Å². The van der Waals surface area contributed by atoms with E-state index in [4.69, 9.17) is 9.47 Å². The zero-order chi connectivity index (χ0) is 20.1.